The molecule has 1 aromatic carbocycles. The normalized spacial score (nSPS) is 14.3. The maximum absolute atomic E-state index is 13.7. The Bertz CT molecular complexity index is 790. The summed E-state index contributed by atoms with van der Waals surface area (Å²) in [5, 5.41) is 2.07. The van der Waals surface area contributed by atoms with Gasteiger partial charge < -0.3 is 23.8 Å². The van der Waals surface area contributed by atoms with E-state index in [2.05, 4.69) is 17.5 Å². The summed E-state index contributed by atoms with van der Waals surface area (Å²) in [4.78, 5) is 17.0. The molecule has 1 saturated heterocycles. The van der Waals surface area contributed by atoms with Crippen molar-refractivity contribution in [1.82, 2.24) is 4.90 Å². The second kappa shape index (κ2) is 12.0. The molecular formula is C24H33NO5S. The molecule has 0 saturated carbocycles. The van der Waals surface area contributed by atoms with Crippen LogP contribution in [0, 0.1) is 0 Å². The molecule has 2 aromatic rings. The number of hydrogen-bond donors (Lipinski definition) is 0. The number of nitrogens with zero attached hydrogens (tertiary/aromatic N) is 1. The van der Waals surface area contributed by atoms with Gasteiger partial charge in [-0.05, 0) is 63.6 Å². The van der Waals surface area contributed by atoms with E-state index in [0.29, 0.717) is 62.4 Å². The van der Waals surface area contributed by atoms with Crippen LogP contribution in [-0.2, 0) is 11.2 Å². The van der Waals surface area contributed by atoms with E-state index in [4.69, 9.17) is 18.9 Å². The van der Waals surface area contributed by atoms with Gasteiger partial charge in [0.1, 0.15) is 0 Å². The predicted octanol–water partition coefficient (Wildman–Crippen LogP) is 4.81. The van der Waals surface area contributed by atoms with Crippen molar-refractivity contribution in [3.05, 3.63) is 40.1 Å². The third-order valence-corrected chi connectivity index (χ3v) is 6.16. The molecule has 3 rings (SSSR count). The van der Waals surface area contributed by atoms with Crippen LogP contribution < -0.4 is 14.2 Å². The van der Waals surface area contributed by atoms with Crippen molar-refractivity contribution in [1.29, 1.82) is 0 Å². The van der Waals surface area contributed by atoms with E-state index in [1.165, 1.54) is 4.88 Å². The van der Waals surface area contributed by atoms with Crippen LogP contribution in [0.3, 0.4) is 0 Å². The smallest absolute Gasteiger partial charge is 0.254 e. The Kier molecular flexibility index (Phi) is 9.03. The van der Waals surface area contributed by atoms with E-state index in [0.717, 1.165) is 19.3 Å². The van der Waals surface area contributed by atoms with Crippen molar-refractivity contribution >= 4 is 17.2 Å². The van der Waals surface area contributed by atoms with Crippen molar-refractivity contribution in [3.8, 4) is 17.2 Å². The first kappa shape index (κ1) is 23.4. The molecule has 1 aliphatic rings. The fourth-order valence-corrected chi connectivity index (χ4v) is 4.51. The Balaban J connectivity index is 1.92. The molecule has 0 spiro atoms. The van der Waals surface area contributed by atoms with Gasteiger partial charge in [0.25, 0.3) is 5.91 Å². The summed E-state index contributed by atoms with van der Waals surface area (Å²) in [6, 6.07) is 7.91. The summed E-state index contributed by atoms with van der Waals surface area (Å²) in [7, 11) is 0. The Morgan fingerprint density at radius 3 is 2.26 bits per heavy atom. The summed E-state index contributed by atoms with van der Waals surface area (Å²) < 4.78 is 23.0. The van der Waals surface area contributed by atoms with Gasteiger partial charge >= 0.3 is 0 Å². The first-order valence-corrected chi connectivity index (χ1v) is 12.0. The van der Waals surface area contributed by atoms with Crippen LogP contribution in [0.1, 0.15) is 48.8 Å². The SMILES string of the molecule is CCOc1cc(C(=O)N(CCc2cccs2)C2CCOCC2)cc(OCC)c1OCC. The minimum Gasteiger partial charge on any atom is -0.490 e. The first-order valence-electron chi connectivity index (χ1n) is 11.1. The molecule has 1 aromatic heterocycles. The van der Waals surface area contributed by atoms with E-state index in [1.54, 1.807) is 23.5 Å². The van der Waals surface area contributed by atoms with Gasteiger partial charge in [0.15, 0.2) is 11.5 Å². The standard InChI is InChI=1S/C24H33NO5S/c1-4-28-21-16-18(17-22(29-5-2)23(21)30-6-3)24(26)25(19-10-13-27-14-11-19)12-9-20-8-7-15-31-20/h7-8,15-17,19H,4-6,9-14H2,1-3H3. The number of hydrogen-bond acceptors (Lipinski definition) is 6. The molecule has 6 nitrogen and oxygen atoms in total. The maximum atomic E-state index is 13.7. The summed E-state index contributed by atoms with van der Waals surface area (Å²) in [6.45, 7) is 9.24. The van der Waals surface area contributed by atoms with Crippen molar-refractivity contribution in [3.63, 3.8) is 0 Å². The number of carbonyl (C=O) groups is 1. The summed E-state index contributed by atoms with van der Waals surface area (Å²) in [6.07, 6.45) is 2.54. The average Bonchev–Trinajstić information content (AvgIpc) is 3.30. The zero-order valence-corrected chi connectivity index (χ0v) is 19.5. The van der Waals surface area contributed by atoms with Gasteiger partial charge in [0.05, 0.1) is 19.8 Å². The lowest BCUT2D eigenvalue weighted by atomic mass is 10.0. The molecule has 0 N–H and O–H groups in total. The molecule has 1 aliphatic heterocycles. The molecule has 0 aliphatic carbocycles. The van der Waals surface area contributed by atoms with Crippen LogP contribution in [0.25, 0.3) is 0 Å². The zero-order chi connectivity index (χ0) is 22.1. The average molecular weight is 448 g/mol. The van der Waals surface area contributed by atoms with Crippen LogP contribution in [0.15, 0.2) is 29.6 Å². The van der Waals surface area contributed by atoms with Gasteiger partial charge in [0.2, 0.25) is 5.75 Å². The number of thiophene rings is 1. The lowest BCUT2D eigenvalue weighted by Gasteiger charge is -2.34. The van der Waals surface area contributed by atoms with Crippen LogP contribution in [0.2, 0.25) is 0 Å². The maximum Gasteiger partial charge on any atom is 0.254 e. The lowest BCUT2D eigenvalue weighted by Crippen LogP contribution is -2.44. The van der Waals surface area contributed by atoms with Crippen LogP contribution >= 0.6 is 11.3 Å². The third-order valence-electron chi connectivity index (χ3n) is 5.23. The van der Waals surface area contributed by atoms with Crippen molar-refractivity contribution in [2.24, 2.45) is 0 Å². The fraction of sp³-hybridized carbons (Fsp3) is 0.542. The van der Waals surface area contributed by atoms with Gasteiger partial charge in [-0.3, -0.25) is 4.79 Å². The summed E-state index contributed by atoms with van der Waals surface area (Å²) in [5.74, 6) is 1.64. The highest BCUT2D eigenvalue weighted by Crippen LogP contribution is 2.39. The first-order chi connectivity index (χ1) is 15.2. The van der Waals surface area contributed by atoms with Gasteiger partial charge in [-0.1, -0.05) is 6.07 Å². The fourth-order valence-electron chi connectivity index (χ4n) is 3.81. The number of ether oxygens (including phenoxy) is 4. The molecule has 7 heteroatoms. The second-order valence-corrected chi connectivity index (χ2v) is 8.30. The molecule has 0 atom stereocenters. The Hall–Kier alpha value is -2.25. The molecule has 31 heavy (non-hydrogen) atoms. The van der Waals surface area contributed by atoms with Gasteiger partial charge in [-0.2, -0.15) is 0 Å². The Labute approximate surface area is 189 Å². The largest absolute Gasteiger partial charge is 0.490 e. The molecule has 170 valence electrons. The van der Waals surface area contributed by atoms with E-state index < -0.39 is 0 Å². The van der Waals surface area contributed by atoms with E-state index in [-0.39, 0.29) is 11.9 Å². The predicted molar refractivity (Wildman–Crippen MR) is 123 cm³/mol. The van der Waals surface area contributed by atoms with Crippen molar-refractivity contribution in [2.75, 3.05) is 39.6 Å². The minimum atomic E-state index is -0.00610. The van der Waals surface area contributed by atoms with Crippen molar-refractivity contribution < 1.29 is 23.7 Å². The number of amides is 1. The van der Waals surface area contributed by atoms with E-state index >= 15 is 0 Å². The topological polar surface area (TPSA) is 57.2 Å². The van der Waals surface area contributed by atoms with Crippen LogP contribution in [0.5, 0.6) is 17.2 Å². The highest BCUT2D eigenvalue weighted by Gasteiger charge is 2.28. The molecule has 1 fully saturated rings. The van der Waals surface area contributed by atoms with E-state index in [1.807, 2.05) is 25.7 Å². The van der Waals surface area contributed by atoms with Gasteiger partial charge in [0, 0.05) is 36.2 Å². The van der Waals surface area contributed by atoms with Crippen LogP contribution in [0.4, 0.5) is 0 Å². The van der Waals surface area contributed by atoms with Crippen molar-refractivity contribution in [2.45, 2.75) is 46.1 Å². The number of rotatable bonds is 11. The highest BCUT2D eigenvalue weighted by atomic mass is 32.1. The molecule has 1 amide bonds. The summed E-state index contributed by atoms with van der Waals surface area (Å²) >= 11 is 1.73. The lowest BCUT2D eigenvalue weighted by molar-refractivity contribution is 0.0293. The Morgan fingerprint density at radius 2 is 1.71 bits per heavy atom. The molecule has 0 bridgehead atoms. The van der Waals surface area contributed by atoms with Gasteiger partial charge in [-0.25, -0.2) is 0 Å². The van der Waals surface area contributed by atoms with Crippen LogP contribution in [-0.4, -0.2) is 56.4 Å². The second-order valence-electron chi connectivity index (χ2n) is 7.27. The number of benzene rings is 1. The number of carbonyl (C=O) groups excluding carboxylic acids is 1. The highest BCUT2D eigenvalue weighted by molar-refractivity contribution is 7.09. The molecule has 0 unspecified atom stereocenters. The minimum absolute atomic E-state index is 0.00610. The quantitative estimate of drug-likeness (QED) is 0.495. The molecule has 0 radical (unpaired) electrons. The Morgan fingerprint density at radius 1 is 1.06 bits per heavy atom. The van der Waals surface area contributed by atoms with E-state index in [9.17, 15) is 4.79 Å². The zero-order valence-electron chi connectivity index (χ0n) is 18.7. The third kappa shape index (κ3) is 6.14. The van der Waals surface area contributed by atoms with Gasteiger partial charge in [-0.15, -0.1) is 11.3 Å². The molecule has 2 heterocycles. The molecular weight excluding hydrogens is 414 g/mol. The summed E-state index contributed by atoms with van der Waals surface area (Å²) in [5.41, 5.74) is 0.563. The monoisotopic (exact) mass is 447 g/mol.